The van der Waals surface area contributed by atoms with E-state index in [0.29, 0.717) is 0 Å². The van der Waals surface area contributed by atoms with Crippen LogP contribution in [0.5, 0.6) is 0 Å². The monoisotopic (exact) mass is 237 g/mol. The summed E-state index contributed by atoms with van der Waals surface area (Å²) in [6.07, 6.45) is 3.69. The molecule has 0 aliphatic heterocycles. The molecular formula is C17H19N. The second-order valence-electron chi connectivity index (χ2n) is 5.26. The van der Waals surface area contributed by atoms with Crippen LogP contribution in [-0.2, 0) is 5.41 Å². The highest BCUT2D eigenvalue weighted by Crippen LogP contribution is 2.50. The number of rotatable bonds is 3. The molecule has 2 aromatic rings. The Morgan fingerprint density at radius 1 is 0.833 bits per heavy atom. The van der Waals surface area contributed by atoms with Crippen LogP contribution in [0.2, 0.25) is 0 Å². The van der Waals surface area contributed by atoms with E-state index in [-0.39, 0.29) is 11.5 Å². The molecule has 1 aliphatic rings. The molecule has 0 heterocycles. The Bertz CT molecular complexity index is 500. The van der Waals surface area contributed by atoms with E-state index in [0.717, 1.165) is 0 Å². The molecule has 0 saturated heterocycles. The van der Waals surface area contributed by atoms with Crippen molar-refractivity contribution < 1.29 is 0 Å². The van der Waals surface area contributed by atoms with Gasteiger partial charge in [-0.05, 0) is 24.0 Å². The maximum atomic E-state index is 6.57. The molecule has 0 amide bonds. The van der Waals surface area contributed by atoms with Crippen LogP contribution < -0.4 is 5.73 Å². The van der Waals surface area contributed by atoms with Crippen molar-refractivity contribution in [1.82, 2.24) is 0 Å². The normalized spacial score (nSPS) is 18.9. The van der Waals surface area contributed by atoms with Gasteiger partial charge in [0.05, 0.1) is 0 Å². The van der Waals surface area contributed by atoms with Gasteiger partial charge in [-0.15, -0.1) is 0 Å². The number of hydrogen-bond donors (Lipinski definition) is 1. The summed E-state index contributed by atoms with van der Waals surface area (Å²) >= 11 is 0. The average Bonchev–Trinajstić information content (AvgIpc) is 2.40. The molecule has 1 aliphatic carbocycles. The van der Waals surface area contributed by atoms with Crippen LogP contribution in [0.3, 0.4) is 0 Å². The van der Waals surface area contributed by atoms with E-state index < -0.39 is 0 Å². The van der Waals surface area contributed by atoms with E-state index >= 15 is 0 Å². The van der Waals surface area contributed by atoms with Crippen molar-refractivity contribution >= 4 is 0 Å². The van der Waals surface area contributed by atoms with Gasteiger partial charge in [0, 0.05) is 11.5 Å². The van der Waals surface area contributed by atoms with Crippen LogP contribution in [-0.4, -0.2) is 0 Å². The Morgan fingerprint density at radius 2 is 1.39 bits per heavy atom. The molecule has 1 heteroatoms. The number of nitrogens with two attached hydrogens (primary N) is 1. The predicted molar refractivity (Wildman–Crippen MR) is 75.3 cm³/mol. The first kappa shape index (κ1) is 11.5. The lowest BCUT2D eigenvalue weighted by atomic mass is 9.59. The third-order valence-corrected chi connectivity index (χ3v) is 4.35. The van der Waals surface area contributed by atoms with Crippen LogP contribution in [0, 0.1) is 0 Å². The highest BCUT2D eigenvalue weighted by Gasteiger charge is 2.44. The zero-order valence-electron chi connectivity index (χ0n) is 10.5. The summed E-state index contributed by atoms with van der Waals surface area (Å²) in [6, 6.07) is 21.4. The molecule has 1 fully saturated rings. The summed E-state index contributed by atoms with van der Waals surface area (Å²) < 4.78 is 0. The molecule has 0 aromatic heterocycles. The second-order valence-corrected chi connectivity index (χ2v) is 5.26. The van der Waals surface area contributed by atoms with Gasteiger partial charge in [0.25, 0.3) is 0 Å². The Morgan fingerprint density at radius 3 is 1.89 bits per heavy atom. The third-order valence-electron chi connectivity index (χ3n) is 4.35. The highest BCUT2D eigenvalue weighted by molar-refractivity contribution is 5.35. The van der Waals surface area contributed by atoms with Gasteiger partial charge in [-0.3, -0.25) is 0 Å². The first-order valence-electron chi connectivity index (χ1n) is 6.69. The minimum Gasteiger partial charge on any atom is -0.323 e. The molecule has 0 bridgehead atoms. The zero-order chi connectivity index (χ0) is 12.4. The van der Waals surface area contributed by atoms with Crippen molar-refractivity contribution in [2.75, 3.05) is 0 Å². The quantitative estimate of drug-likeness (QED) is 0.863. The number of benzene rings is 2. The van der Waals surface area contributed by atoms with Crippen molar-refractivity contribution in [2.45, 2.75) is 30.7 Å². The Balaban J connectivity index is 1.98. The fourth-order valence-corrected chi connectivity index (χ4v) is 3.09. The molecule has 1 saturated carbocycles. The highest BCUT2D eigenvalue weighted by atomic mass is 14.7. The number of hydrogen-bond acceptors (Lipinski definition) is 1. The van der Waals surface area contributed by atoms with Gasteiger partial charge in [-0.25, -0.2) is 0 Å². The van der Waals surface area contributed by atoms with E-state index in [4.69, 9.17) is 5.73 Å². The summed E-state index contributed by atoms with van der Waals surface area (Å²) in [5.41, 5.74) is 9.37. The molecule has 2 aromatic carbocycles. The first-order valence-corrected chi connectivity index (χ1v) is 6.69. The van der Waals surface area contributed by atoms with E-state index in [1.165, 1.54) is 30.4 Å². The Kier molecular flexibility index (Phi) is 2.92. The van der Waals surface area contributed by atoms with Crippen molar-refractivity contribution in [1.29, 1.82) is 0 Å². The van der Waals surface area contributed by atoms with Crippen LogP contribution in [0.15, 0.2) is 60.7 Å². The zero-order valence-corrected chi connectivity index (χ0v) is 10.5. The maximum Gasteiger partial charge on any atom is 0.0393 e. The van der Waals surface area contributed by atoms with Gasteiger partial charge in [0.15, 0.2) is 0 Å². The van der Waals surface area contributed by atoms with E-state index in [2.05, 4.69) is 54.6 Å². The second kappa shape index (κ2) is 4.58. The lowest BCUT2D eigenvalue weighted by Crippen LogP contribution is -2.44. The standard InChI is InChI=1S/C17H19N/c18-16(14-8-3-1-4-9-14)17(12-7-13-17)15-10-5-2-6-11-15/h1-6,8-11,16H,7,12-13,18H2. The lowest BCUT2D eigenvalue weighted by molar-refractivity contribution is 0.196. The van der Waals surface area contributed by atoms with Gasteiger partial charge in [-0.2, -0.15) is 0 Å². The first-order chi connectivity index (χ1) is 8.83. The molecule has 18 heavy (non-hydrogen) atoms. The van der Waals surface area contributed by atoms with Crippen LogP contribution in [0.4, 0.5) is 0 Å². The molecular weight excluding hydrogens is 218 g/mol. The fraction of sp³-hybridized carbons (Fsp3) is 0.294. The molecule has 0 spiro atoms. The largest absolute Gasteiger partial charge is 0.323 e. The summed E-state index contributed by atoms with van der Waals surface area (Å²) in [6.45, 7) is 0. The van der Waals surface area contributed by atoms with Gasteiger partial charge < -0.3 is 5.73 Å². The molecule has 1 nitrogen and oxygen atoms in total. The van der Waals surface area contributed by atoms with Crippen molar-refractivity contribution in [2.24, 2.45) is 5.73 Å². The molecule has 3 rings (SSSR count). The Hall–Kier alpha value is -1.60. The van der Waals surface area contributed by atoms with Crippen LogP contribution >= 0.6 is 0 Å². The average molecular weight is 237 g/mol. The third kappa shape index (κ3) is 1.75. The summed E-state index contributed by atoms with van der Waals surface area (Å²) in [4.78, 5) is 0. The molecule has 1 unspecified atom stereocenters. The summed E-state index contributed by atoms with van der Waals surface area (Å²) in [5, 5.41) is 0. The lowest BCUT2D eigenvalue weighted by Gasteiger charge is -2.47. The minimum atomic E-state index is 0.106. The maximum absolute atomic E-state index is 6.57. The van der Waals surface area contributed by atoms with E-state index in [9.17, 15) is 0 Å². The summed E-state index contributed by atoms with van der Waals surface area (Å²) in [7, 11) is 0. The van der Waals surface area contributed by atoms with Crippen LogP contribution in [0.25, 0.3) is 0 Å². The van der Waals surface area contributed by atoms with Crippen molar-refractivity contribution in [3.8, 4) is 0 Å². The van der Waals surface area contributed by atoms with Crippen molar-refractivity contribution in [3.63, 3.8) is 0 Å². The smallest absolute Gasteiger partial charge is 0.0393 e. The molecule has 2 N–H and O–H groups in total. The fourth-order valence-electron chi connectivity index (χ4n) is 3.09. The van der Waals surface area contributed by atoms with E-state index in [1.54, 1.807) is 0 Å². The molecule has 0 radical (unpaired) electrons. The molecule has 1 atom stereocenters. The van der Waals surface area contributed by atoms with Gasteiger partial charge in [0.1, 0.15) is 0 Å². The van der Waals surface area contributed by atoms with Gasteiger partial charge in [0.2, 0.25) is 0 Å². The van der Waals surface area contributed by atoms with Gasteiger partial charge in [-0.1, -0.05) is 67.1 Å². The Labute approximate surface area is 109 Å². The summed E-state index contributed by atoms with van der Waals surface area (Å²) in [5.74, 6) is 0. The predicted octanol–water partition coefficient (Wildman–Crippen LogP) is 3.81. The van der Waals surface area contributed by atoms with Gasteiger partial charge >= 0.3 is 0 Å². The minimum absolute atomic E-state index is 0.106. The SMILES string of the molecule is NC(c1ccccc1)C1(c2ccccc2)CCC1. The molecule has 92 valence electrons. The topological polar surface area (TPSA) is 26.0 Å². The van der Waals surface area contributed by atoms with Crippen molar-refractivity contribution in [3.05, 3.63) is 71.8 Å². The van der Waals surface area contributed by atoms with Crippen LogP contribution in [0.1, 0.15) is 36.4 Å². The van der Waals surface area contributed by atoms with E-state index in [1.807, 2.05) is 6.07 Å².